The number of carbonyl (C=O) groups excluding carboxylic acids is 1. The van der Waals surface area contributed by atoms with Crippen molar-refractivity contribution in [2.24, 2.45) is 5.73 Å². The lowest BCUT2D eigenvalue weighted by atomic mass is 10.1. The Morgan fingerprint density at radius 1 is 1.33 bits per heavy atom. The average molecular weight is 347 g/mol. The molecule has 1 aromatic carbocycles. The van der Waals surface area contributed by atoms with Crippen molar-refractivity contribution in [3.63, 3.8) is 0 Å². The van der Waals surface area contributed by atoms with Gasteiger partial charge in [0.05, 0.1) is 17.1 Å². The maximum Gasteiger partial charge on any atom is 0.231 e. The van der Waals surface area contributed by atoms with Crippen LogP contribution in [0, 0.1) is 0 Å². The Morgan fingerprint density at radius 3 is 2.75 bits per heavy atom. The van der Waals surface area contributed by atoms with Crippen LogP contribution < -0.4 is 15.2 Å². The molecule has 1 atom stereocenters. The molecule has 0 saturated carbocycles. The van der Waals surface area contributed by atoms with Crippen molar-refractivity contribution in [2.45, 2.75) is 37.2 Å². The number of thioether (sulfide) groups is 1. The van der Waals surface area contributed by atoms with Gasteiger partial charge < -0.3 is 19.8 Å². The fourth-order valence-corrected chi connectivity index (χ4v) is 3.67. The SMILES string of the molecule is CC[C@H](Sc1ncc(-c2ccc3c(c2)OCCO3)n1CC)C(N)=O. The van der Waals surface area contributed by atoms with Crippen molar-refractivity contribution in [3.05, 3.63) is 24.4 Å². The summed E-state index contributed by atoms with van der Waals surface area (Å²) in [5.41, 5.74) is 7.44. The van der Waals surface area contributed by atoms with Crippen LogP contribution in [0.5, 0.6) is 11.5 Å². The minimum absolute atomic E-state index is 0.272. The number of rotatable bonds is 6. The van der Waals surface area contributed by atoms with Crippen LogP contribution in [0.3, 0.4) is 0 Å². The molecule has 2 aromatic rings. The van der Waals surface area contributed by atoms with E-state index in [0.29, 0.717) is 19.6 Å². The van der Waals surface area contributed by atoms with Gasteiger partial charge in [-0.3, -0.25) is 4.79 Å². The van der Waals surface area contributed by atoms with Crippen molar-refractivity contribution >= 4 is 17.7 Å². The summed E-state index contributed by atoms with van der Waals surface area (Å²) in [6.07, 6.45) is 2.50. The molecule has 1 aromatic heterocycles. The number of ether oxygens (including phenoxy) is 2. The molecule has 24 heavy (non-hydrogen) atoms. The van der Waals surface area contributed by atoms with E-state index < -0.39 is 0 Å². The number of fused-ring (bicyclic) bond motifs is 1. The van der Waals surface area contributed by atoms with E-state index in [4.69, 9.17) is 15.2 Å². The van der Waals surface area contributed by atoms with Gasteiger partial charge in [-0.05, 0) is 31.5 Å². The molecule has 0 unspecified atom stereocenters. The molecule has 1 aliphatic rings. The van der Waals surface area contributed by atoms with Crippen molar-refractivity contribution < 1.29 is 14.3 Å². The predicted molar refractivity (Wildman–Crippen MR) is 93.5 cm³/mol. The first-order chi connectivity index (χ1) is 11.6. The van der Waals surface area contributed by atoms with Crippen LogP contribution in [-0.2, 0) is 11.3 Å². The summed E-state index contributed by atoms with van der Waals surface area (Å²) in [7, 11) is 0. The van der Waals surface area contributed by atoms with Crippen LogP contribution in [0.25, 0.3) is 11.3 Å². The van der Waals surface area contributed by atoms with Gasteiger partial charge in [0, 0.05) is 12.1 Å². The molecule has 0 bridgehead atoms. The third-order valence-corrected chi connectivity index (χ3v) is 5.30. The second kappa shape index (κ2) is 7.17. The summed E-state index contributed by atoms with van der Waals surface area (Å²) in [6.45, 7) is 5.89. The van der Waals surface area contributed by atoms with Crippen molar-refractivity contribution in [2.75, 3.05) is 13.2 Å². The Morgan fingerprint density at radius 2 is 2.08 bits per heavy atom. The lowest BCUT2D eigenvalue weighted by Gasteiger charge is -2.19. The molecule has 0 radical (unpaired) electrons. The van der Waals surface area contributed by atoms with Crippen LogP contribution in [0.4, 0.5) is 0 Å². The third kappa shape index (κ3) is 3.21. The van der Waals surface area contributed by atoms with Gasteiger partial charge >= 0.3 is 0 Å². The highest BCUT2D eigenvalue weighted by molar-refractivity contribution is 8.00. The largest absolute Gasteiger partial charge is 0.486 e. The predicted octanol–water partition coefficient (Wildman–Crippen LogP) is 2.70. The van der Waals surface area contributed by atoms with Gasteiger partial charge in [-0.25, -0.2) is 4.98 Å². The van der Waals surface area contributed by atoms with Gasteiger partial charge in [0.1, 0.15) is 13.2 Å². The highest BCUT2D eigenvalue weighted by Crippen LogP contribution is 2.36. The third-order valence-electron chi connectivity index (χ3n) is 3.91. The number of carbonyl (C=O) groups is 1. The number of benzene rings is 1. The maximum atomic E-state index is 11.5. The fraction of sp³-hybridized carbons (Fsp3) is 0.412. The molecule has 0 saturated heterocycles. The molecule has 0 fully saturated rings. The number of primary amides is 1. The van der Waals surface area contributed by atoms with E-state index in [1.807, 2.05) is 31.3 Å². The first-order valence-electron chi connectivity index (χ1n) is 8.05. The minimum Gasteiger partial charge on any atom is -0.486 e. The van der Waals surface area contributed by atoms with E-state index in [1.54, 1.807) is 0 Å². The summed E-state index contributed by atoms with van der Waals surface area (Å²) < 4.78 is 13.3. The second-order valence-corrected chi connectivity index (χ2v) is 6.62. The Hall–Kier alpha value is -2.15. The highest BCUT2D eigenvalue weighted by Gasteiger charge is 2.20. The van der Waals surface area contributed by atoms with Crippen LogP contribution in [0.15, 0.2) is 29.6 Å². The normalized spacial score (nSPS) is 14.4. The number of hydrogen-bond donors (Lipinski definition) is 1. The van der Waals surface area contributed by atoms with Gasteiger partial charge in [-0.1, -0.05) is 18.7 Å². The van der Waals surface area contributed by atoms with E-state index in [0.717, 1.165) is 34.5 Å². The molecule has 6 nitrogen and oxygen atoms in total. The van der Waals surface area contributed by atoms with Crippen molar-refractivity contribution in [3.8, 4) is 22.8 Å². The second-order valence-electron chi connectivity index (χ2n) is 5.45. The van der Waals surface area contributed by atoms with E-state index >= 15 is 0 Å². The molecular formula is C17H21N3O3S. The highest BCUT2D eigenvalue weighted by atomic mass is 32.2. The topological polar surface area (TPSA) is 79.4 Å². The first-order valence-corrected chi connectivity index (χ1v) is 8.93. The molecule has 3 rings (SSSR count). The molecule has 0 aliphatic carbocycles. The lowest BCUT2D eigenvalue weighted by Crippen LogP contribution is -2.25. The zero-order valence-corrected chi connectivity index (χ0v) is 14.6. The lowest BCUT2D eigenvalue weighted by molar-refractivity contribution is -0.117. The summed E-state index contributed by atoms with van der Waals surface area (Å²) >= 11 is 1.41. The van der Waals surface area contributed by atoms with Gasteiger partial charge in [-0.2, -0.15) is 0 Å². The quantitative estimate of drug-likeness (QED) is 0.813. The monoisotopic (exact) mass is 347 g/mol. The van der Waals surface area contributed by atoms with Crippen LogP contribution >= 0.6 is 11.8 Å². The van der Waals surface area contributed by atoms with Crippen LogP contribution in [0.2, 0.25) is 0 Å². The van der Waals surface area contributed by atoms with Gasteiger partial charge in [0.2, 0.25) is 5.91 Å². The first kappa shape index (κ1) is 16.7. The molecule has 1 amide bonds. The number of hydrogen-bond acceptors (Lipinski definition) is 5. The molecule has 7 heteroatoms. The zero-order valence-electron chi connectivity index (χ0n) is 13.8. The summed E-state index contributed by atoms with van der Waals surface area (Å²) in [4.78, 5) is 16.0. The number of nitrogens with zero attached hydrogens (tertiary/aromatic N) is 2. The molecule has 2 N–H and O–H groups in total. The van der Waals surface area contributed by atoms with Crippen molar-refractivity contribution in [1.82, 2.24) is 9.55 Å². The molecular weight excluding hydrogens is 326 g/mol. The van der Waals surface area contributed by atoms with E-state index in [-0.39, 0.29) is 11.2 Å². The Balaban J connectivity index is 1.93. The average Bonchev–Trinajstić information content (AvgIpc) is 3.01. The number of amides is 1. The Kier molecular flexibility index (Phi) is 4.99. The summed E-state index contributed by atoms with van der Waals surface area (Å²) in [6, 6.07) is 5.88. The summed E-state index contributed by atoms with van der Waals surface area (Å²) in [5.74, 6) is 1.20. The smallest absolute Gasteiger partial charge is 0.231 e. The molecule has 128 valence electrons. The minimum atomic E-state index is -0.311. The van der Waals surface area contributed by atoms with Crippen LogP contribution in [-0.4, -0.2) is 33.9 Å². The number of nitrogens with two attached hydrogens (primary N) is 1. The van der Waals surface area contributed by atoms with Gasteiger partial charge in [-0.15, -0.1) is 0 Å². The maximum absolute atomic E-state index is 11.5. The fourth-order valence-electron chi connectivity index (χ4n) is 2.66. The standard InChI is InChI=1S/C17H21N3O3S/c1-3-15(16(18)21)24-17-19-10-12(20(17)4-2)11-5-6-13-14(9-11)23-8-7-22-13/h5-6,9-10,15H,3-4,7-8H2,1-2H3,(H2,18,21)/t15-/m0/s1. The molecule has 0 spiro atoms. The van der Waals surface area contributed by atoms with E-state index in [2.05, 4.69) is 16.5 Å². The number of aromatic nitrogens is 2. The molecule has 1 aliphatic heterocycles. The van der Waals surface area contributed by atoms with Gasteiger partial charge in [0.15, 0.2) is 16.7 Å². The molecule has 2 heterocycles. The van der Waals surface area contributed by atoms with Crippen molar-refractivity contribution in [1.29, 1.82) is 0 Å². The Labute approximate surface area is 145 Å². The zero-order chi connectivity index (χ0) is 17.1. The number of imidazole rings is 1. The Bertz CT molecular complexity index is 745. The van der Waals surface area contributed by atoms with E-state index in [9.17, 15) is 4.79 Å². The van der Waals surface area contributed by atoms with Gasteiger partial charge in [0.25, 0.3) is 0 Å². The van der Waals surface area contributed by atoms with E-state index in [1.165, 1.54) is 11.8 Å². The summed E-state index contributed by atoms with van der Waals surface area (Å²) in [5, 5.41) is 0.527. The van der Waals surface area contributed by atoms with Crippen LogP contribution in [0.1, 0.15) is 20.3 Å².